The Morgan fingerprint density at radius 1 is 0.943 bits per heavy atom. The smallest absolute Gasteiger partial charge is 0.324 e. The quantitative estimate of drug-likeness (QED) is 0.717. The fourth-order valence-corrected chi connectivity index (χ4v) is 5.62. The van der Waals surface area contributed by atoms with Crippen molar-refractivity contribution in [2.75, 3.05) is 37.6 Å². The molecule has 0 spiro atoms. The summed E-state index contributed by atoms with van der Waals surface area (Å²) in [5.74, 6) is -0.782. The van der Waals surface area contributed by atoms with Gasteiger partial charge in [-0.3, -0.25) is 14.5 Å². The Morgan fingerprint density at radius 3 is 2.40 bits per heavy atom. The molecule has 2 aromatic rings. The molecule has 3 unspecified atom stereocenters. The molecule has 8 heteroatoms. The number of carbonyl (C=O) groups excluding carboxylic acids is 3. The van der Waals surface area contributed by atoms with Crippen LogP contribution in [0.15, 0.2) is 54.6 Å². The predicted molar refractivity (Wildman–Crippen MR) is 130 cm³/mol. The lowest BCUT2D eigenvalue weighted by molar-refractivity contribution is -0.142. The van der Waals surface area contributed by atoms with Gasteiger partial charge in [-0.05, 0) is 43.4 Å². The molecule has 2 aromatic carbocycles. The monoisotopic (exact) mass is 478 g/mol. The molecule has 184 valence electrons. The van der Waals surface area contributed by atoms with Gasteiger partial charge >= 0.3 is 6.03 Å². The minimum atomic E-state index is -0.362. The first kappa shape index (κ1) is 23.3. The molecular weight excluding hydrogens is 447 g/mol. The minimum absolute atomic E-state index is 0.0739. The van der Waals surface area contributed by atoms with E-state index in [4.69, 9.17) is 0 Å². The first-order valence-electron chi connectivity index (χ1n) is 12.5. The summed E-state index contributed by atoms with van der Waals surface area (Å²) in [5.41, 5.74) is 1.65. The van der Waals surface area contributed by atoms with Crippen LogP contribution in [0, 0.1) is 17.7 Å². The van der Waals surface area contributed by atoms with Gasteiger partial charge < -0.3 is 15.1 Å². The lowest BCUT2D eigenvalue weighted by atomic mass is 9.76. The third-order valence-electron chi connectivity index (χ3n) is 7.59. The van der Waals surface area contributed by atoms with Gasteiger partial charge in [0.2, 0.25) is 11.8 Å². The summed E-state index contributed by atoms with van der Waals surface area (Å²) in [6.45, 7) is 2.59. The Bertz CT molecular complexity index is 1090. The van der Waals surface area contributed by atoms with E-state index in [1.54, 1.807) is 12.1 Å². The van der Waals surface area contributed by atoms with Crippen LogP contribution in [0.25, 0.3) is 0 Å². The van der Waals surface area contributed by atoms with Crippen molar-refractivity contribution in [1.29, 1.82) is 0 Å². The fourth-order valence-electron chi connectivity index (χ4n) is 5.62. The van der Waals surface area contributed by atoms with Crippen molar-refractivity contribution in [1.82, 2.24) is 15.1 Å². The van der Waals surface area contributed by atoms with Gasteiger partial charge in [0.25, 0.3) is 0 Å². The van der Waals surface area contributed by atoms with Gasteiger partial charge in [0.1, 0.15) is 5.82 Å². The topological polar surface area (TPSA) is 73.0 Å². The number of fused-ring (bicyclic) bond motifs is 1. The summed E-state index contributed by atoms with van der Waals surface area (Å²) in [4.78, 5) is 44.2. The number of amides is 4. The molecule has 5 rings (SSSR count). The van der Waals surface area contributed by atoms with Gasteiger partial charge in [0.15, 0.2) is 0 Å². The first-order valence-corrected chi connectivity index (χ1v) is 12.5. The van der Waals surface area contributed by atoms with Crippen molar-refractivity contribution < 1.29 is 18.8 Å². The van der Waals surface area contributed by atoms with Gasteiger partial charge in [0.05, 0.1) is 11.6 Å². The van der Waals surface area contributed by atoms with Crippen molar-refractivity contribution in [3.63, 3.8) is 0 Å². The average molecular weight is 479 g/mol. The number of nitrogens with zero attached hydrogens (tertiary/aromatic N) is 3. The molecule has 3 aliphatic rings. The molecule has 0 radical (unpaired) electrons. The minimum Gasteiger partial charge on any atom is -0.366 e. The predicted octanol–water partition coefficient (Wildman–Crippen LogP) is 3.05. The van der Waals surface area contributed by atoms with Crippen LogP contribution in [0.2, 0.25) is 0 Å². The Labute approximate surface area is 204 Å². The van der Waals surface area contributed by atoms with E-state index < -0.39 is 0 Å². The van der Waals surface area contributed by atoms with Crippen LogP contribution in [0.1, 0.15) is 24.8 Å². The number of carbonyl (C=O) groups is 3. The molecule has 2 heterocycles. The molecule has 3 fully saturated rings. The van der Waals surface area contributed by atoms with Crippen molar-refractivity contribution in [2.45, 2.75) is 31.7 Å². The fraction of sp³-hybridized carbons (Fsp3) is 0.444. The highest BCUT2D eigenvalue weighted by atomic mass is 19.1. The number of imide groups is 1. The number of hydrogen-bond donors (Lipinski definition) is 1. The average Bonchev–Trinajstić information content (AvgIpc) is 2.89. The van der Waals surface area contributed by atoms with E-state index in [1.165, 1.54) is 11.0 Å². The molecule has 1 N–H and O–H groups in total. The Morgan fingerprint density at radius 2 is 1.66 bits per heavy atom. The summed E-state index contributed by atoms with van der Waals surface area (Å²) in [6.07, 6.45) is 2.34. The normalized spacial score (nSPS) is 24.7. The summed E-state index contributed by atoms with van der Waals surface area (Å²) in [5, 5.41) is 3.00. The molecule has 2 aliphatic heterocycles. The van der Waals surface area contributed by atoms with Gasteiger partial charge in [-0.1, -0.05) is 42.5 Å². The van der Waals surface area contributed by atoms with Crippen LogP contribution < -0.4 is 10.2 Å². The number of benzene rings is 2. The van der Waals surface area contributed by atoms with E-state index >= 15 is 0 Å². The molecule has 1 aliphatic carbocycles. The second-order valence-electron chi connectivity index (χ2n) is 9.66. The van der Waals surface area contributed by atoms with Crippen molar-refractivity contribution in [3.8, 4) is 0 Å². The van der Waals surface area contributed by atoms with Gasteiger partial charge in [-0.2, -0.15) is 0 Å². The van der Waals surface area contributed by atoms with Gasteiger partial charge in [-0.15, -0.1) is 0 Å². The number of rotatable bonds is 5. The van der Waals surface area contributed by atoms with E-state index in [1.807, 2.05) is 46.2 Å². The number of anilines is 1. The first-order chi connectivity index (χ1) is 17.0. The number of piperazine rings is 1. The van der Waals surface area contributed by atoms with E-state index in [0.29, 0.717) is 64.1 Å². The van der Waals surface area contributed by atoms with Crippen LogP contribution in [0.4, 0.5) is 14.9 Å². The van der Waals surface area contributed by atoms with Gasteiger partial charge in [0, 0.05) is 44.7 Å². The molecule has 0 bridgehead atoms. The SMILES string of the molecule is O=C(C1CCC2C(=O)N(CCc3ccccc3)C(=O)NC2C1)N1CCN(c2ccccc2F)CC1. The van der Waals surface area contributed by atoms with E-state index in [2.05, 4.69) is 5.32 Å². The van der Waals surface area contributed by atoms with E-state index in [0.717, 1.165) is 5.56 Å². The molecular formula is C27H31FN4O3. The van der Waals surface area contributed by atoms with E-state index in [9.17, 15) is 18.8 Å². The highest BCUT2D eigenvalue weighted by Gasteiger charge is 2.46. The number of urea groups is 1. The molecule has 1 saturated carbocycles. The highest BCUT2D eigenvalue weighted by Crippen LogP contribution is 2.34. The standard InChI is InChI=1S/C27H31FN4O3/c28-22-8-4-5-9-24(22)30-14-16-31(17-15-30)25(33)20-10-11-21-23(18-20)29-27(35)32(26(21)34)13-12-19-6-2-1-3-7-19/h1-9,20-21,23H,10-18H2,(H,29,35). The van der Waals surface area contributed by atoms with Crippen LogP contribution in [-0.2, 0) is 16.0 Å². The number of para-hydroxylation sites is 1. The highest BCUT2D eigenvalue weighted by molar-refractivity contribution is 5.99. The van der Waals surface area contributed by atoms with Gasteiger partial charge in [-0.25, -0.2) is 9.18 Å². The summed E-state index contributed by atoms with van der Waals surface area (Å²) >= 11 is 0. The third-order valence-corrected chi connectivity index (χ3v) is 7.59. The van der Waals surface area contributed by atoms with Crippen LogP contribution >= 0.6 is 0 Å². The maximum absolute atomic E-state index is 14.1. The second kappa shape index (κ2) is 10.1. The summed E-state index contributed by atoms with van der Waals surface area (Å²) < 4.78 is 14.1. The zero-order chi connectivity index (χ0) is 24.4. The van der Waals surface area contributed by atoms with Crippen LogP contribution in [0.5, 0.6) is 0 Å². The zero-order valence-corrected chi connectivity index (χ0v) is 19.7. The number of hydrogen-bond acceptors (Lipinski definition) is 4. The molecule has 4 amide bonds. The Hall–Kier alpha value is -3.42. The maximum Gasteiger partial charge on any atom is 0.324 e. The molecule has 3 atom stereocenters. The zero-order valence-electron chi connectivity index (χ0n) is 19.7. The van der Waals surface area contributed by atoms with Crippen molar-refractivity contribution in [2.24, 2.45) is 11.8 Å². The third kappa shape index (κ3) is 4.88. The second-order valence-corrected chi connectivity index (χ2v) is 9.66. The lowest BCUT2D eigenvalue weighted by Crippen LogP contribution is -2.62. The van der Waals surface area contributed by atoms with E-state index in [-0.39, 0.29) is 41.5 Å². The molecule has 7 nitrogen and oxygen atoms in total. The number of halogens is 1. The Kier molecular flexibility index (Phi) is 6.70. The lowest BCUT2D eigenvalue weighted by Gasteiger charge is -2.43. The molecule has 2 saturated heterocycles. The summed E-state index contributed by atoms with van der Waals surface area (Å²) in [7, 11) is 0. The van der Waals surface area contributed by atoms with Crippen LogP contribution in [0.3, 0.4) is 0 Å². The summed E-state index contributed by atoms with van der Waals surface area (Å²) in [6, 6.07) is 15.9. The van der Waals surface area contributed by atoms with Crippen molar-refractivity contribution >= 4 is 23.5 Å². The molecule has 35 heavy (non-hydrogen) atoms. The largest absolute Gasteiger partial charge is 0.366 e. The van der Waals surface area contributed by atoms with Crippen LogP contribution in [-0.4, -0.2) is 66.4 Å². The van der Waals surface area contributed by atoms with Crippen molar-refractivity contribution in [3.05, 3.63) is 66.0 Å². The maximum atomic E-state index is 14.1. The number of nitrogens with one attached hydrogen (secondary N) is 1. The Balaban J connectivity index is 1.15. The molecule has 0 aromatic heterocycles.